The molecule has 1 N–H and O–H groups in total. The van der Waals surface area contributed by atoms with Crippen molar-refractivity contribution in [1.82, 2.24) is 5.32 Å². The van der Waals surface area contributed by atoms with Crippen molar-refractivity contribution < 1.29 is 9.15 Å². The zero-order chi connectivity index (χ0) is 12.4. The third-order valence-corrected chi connectivity index (χ3v) is 4.66. The number of ether oxygens (including phenoxy) is 1. The molecule has 5 heteroatoms. The van der Waals surface area contributed by atoms with Crippen molar-refractivity contribution in [3.05, 3.63) is 21.0 Å². The molecule has 96 valence electrons. The summed E-state index contributed by atoms with van der Waals surface area (Å²) in [5, 5.41) is 3.46. The van der Waals surface area contributed by atoms with Gasteiger partial charge in [0.25, 0.3) is 0 Å². The molecule has 0 radical (unpaired) electrons. The molecular weight excluding hydrogens is 350 g/mol. The molecule has 2 heterocycles. The number of rotatable bonds is 4. The first-order chi connectivity index (χ1) is 8.08. The molecule has 0 aromatic carbocycles. The van der Waals surface area contributed by atoms with Gasteiger partial charge < -0.3 is 14.5 Å². The average Bonchev–Trinajstić information content (AvgIpc) is 2.83. The highest BCUT2D eigenvalue weighted by molar-refractivity contribution is 9.13. The van der Waals surface area contributed by atoms with E-state index >= 15 is 0 Å². The second-order valence-corrected chi connectivity index (χ2v) is 6.25. The first-order valence-corrected chi connectivity index (χ1v) is 7.46. The summed E-state index contributed by atoms with van der Waals surface area (Å²) in [5.74, 6) is 1.39. The maximum atomic E-state index is 5.78. The minimum absolute atomic E-state index is 0.0730. The highest BCUT2D eigenvalue weighted by Gasteiger charge is 2.32. The van der Waals surface area contributed by atoms with E-state index in [1.165, 1.54) is 0 Å². The molecule has 17 heavy (non-hydrogen) atoms. The van der Waals surface area contributed by atoms with Crippen LogP contribution in [0.1, 0.15) is 32.1 Å². The quantitative estimate of drug-likeness (QED) is 0.877. The third-order valence-electron chi connectivity index (χ3n) is 2.95. The van der Waals surface area contributed by atoms with Gasteiger partial charge in [-0.15, -0.1) is 0 Å². The average molecular weight is 367 g/mol. The number of furan rings is 1. The summed E-state index contributed by atoms with van der Waals surface area (Å²) in [6.07, 6.45) is 1.16. The molecule has 2 rings (SSSR count). The van der Waals surface area contributed by atoms with E-state index in [2.05, 4.69) is 51.0 Å². The van der Waals surface area contributed by atoms with Crippen LogP contribution in [-0.2, 0) is 4.74 Å². The molecule has 2 atom stereocenters. The summed E-state index contributed by atoms with van der Waals surface area (Å²) >= 11 is 6.79. The van der Waals surface area contributed by atoms with Gasteiger partial charge in [0.1, 0.15) is 11.9 Å². The van der Waals surface area contributed by atoms with Crippen molar-refractivity contribution in [1.29, 1.82) is 0 Å². The SMILES string of the molecule is CC(C)NCC1CCOC1c1cc(Br)c(Br)o1. The van der Waals surface area contributed by atoms with Gasteiger partial charge in [0.05, 0.1) is 4.47 Å². The van der Waals surface area contributed by atoms with Crippen molar-refractivity contribution in [2.24, 2.45) is 5.92 Å². The number of hydrogen-bond donors (Lipinski definition) is 1. The fourth-order valence-corrected chi connectivity index (χ4v) is 2.66. The van der Waals surface area contributed by atoms with Crippen LogP contribution in [0.25, 0.3) is 0 Å². The molecule has 1 fully saturated rings. The first-order valence-electron chi connectivity index (χ1n) is 5.87. The van der Waals surface area contributed by atoms with E-state index in [0.29, 0.717) is 12.0 Å². The summed E-state index contributed by atoms with van der Waals surface area (Å²) in [6.45, 7) is 6.10. The van der Waals surface area contributed by atoms with E-state index < -0.39 is 0 Å². The molecule has 3 nitrogen and oxygen atoms in total. The van der Waals surface area contributed by atoms with E-state index in [1.807, 2.05) is 6.07 Å². The monoisotopic (exact) mass is 365 g/mol. The topological polar surface area (TPSA) is 34.4 Å². The van der Waals surface area contributed by atoms with Crippen molar-refractivity contribution in [2.75, 3.05) is 13.2 Å². The van der Waals surface area contributed by atoms with Gasteiger partial charge in [-0.3, -0.25) is 0 Å². The van der Waals surface area contributed by atoms with E-state index in [9.17, 15) is 0 Å². The second kappa shape index (κ2) is 5.87. The Hall–Kier alpha value is 0.160. The molecule has 0 amide bonds. The second-order valence-electron chi connectivity index (χ2n) is 4.67. The van der Waals surface area contributed by atoms with Crippen LogP contribution in [0.4, 0.5) is 0 Å². The number of halogens is 2. The zero-order valence-electron chi connectivity index (χ0n) is 10.0. The van der Waals surface area contributed by atoms with Gasteiger partial charge in [-0.2, -0.15) is 0 Å². The van der Waals surface area contributed by atoms with Gasteiger partial charge >= 0.3 is 0 Å². The van der Waals surface area contributed by atoms with Crippen molar-refractivity contribution in [3.63, 3.8) is 0 Å². The van der Waals surface area contributed by atoms with Crippen LogP contribution >= 0.6 is 31.9 Å². The third kappa shape index (κ3) is 3.34. The Kier molecular flexibility index (Phi) is 4.69. The Bertz CT molecular complexity index is 359. The van der Waals surface area contributed by atoms with E-state index in [1.54, 1.807) is 0 Å². The predicted octanol–water partition coefficient (Wildman–Crippen LogP) is 3.88. The maximum Gasteiger partial charge on any atom is 0.183 e. The van der Waals surface area contributed by atoms with Crippen molar-refractivity contribution in [3.8, 4) is 0 Å². The largest absolute Gasteiger partial charge is 0.450 e. The standard InChI is InChI=1S/C12H17Br2NO2/c1-7(2)15-6-8-3-4-16-11(8)10-5-9(13)12(14)17-10/h5,7-8,11,15H,3-4,6H2,1-2H3. The van der Waals surface area contributed by atoms with Crippen LogP contribution < -0.4 is 5.32 Å². The molecular formula is C12H17Br2NO2. The molecule has 1 aromatic rings. The number of nitrogens with one attached hydrogen (secondary N) is 1. The van der Waals surface area contributed by atoms with Gasteiger partial charge in [0.15, 0.2) is 4.67 Å². The highest BCUT2D eigenvalue weighted by atomic mass is 79.9. The normalized spacial score (nSPS) is 24.8. The summed E-state index contributed by atoms with van der Waals surface area (Å²) in [4.78, 5) is 0. The van der Waals surface area contributed by atoms with Crippen LogP contribution in [0.5, 0.6) is 0 Å². The summed E-state index contributed by atoms with van der Waals surface area (Å²) in [6, 6.07) is 2.49. The number of hydrogen-bond acceptors (Lipinski definition) is 3. The van der Waals surface area contributed by atoms with Gasteiger partial charge in [-0.05, 0) is 44.3 Å². The lowest BCUT2D eigenvalue weighted by Crippen LogP contribution is -2.30. The fourth-order valence-electron chi connectivity index (χ4n) is 2.05. The maximum absolute atomic E-state index is 5.78. The van der Waals surface area contributed by atoms with Gasteiger partial charge in [0.2, 0.25) is 0 Å². The minimum atomic E-state index is 0.0730. The van der Waals surface area contributed by atoms with Gasteiger partial charge in [-0.25, -0.2) is 0 Å². The summed E-state index contributed by atoms with van der Waals surface area (Å²) < 4.78 is 13.1. The van der Waals surface area contributed by atoms with Gasteiger partial charge in [-0.1, -0.05) is 13.8 Å². The van der Waals surface area contributed by atoms with Crippen LogP contribution in [0.15, 0.2) is 19.6 Å². The fraction of sp³-hybridized carbons (Fsp3) is 0.667. The smallest absolute Gasteiger partial charge is 0.183 e. The Morgan fingerprint density at radius 3 is 2.82 bits per heavy atom. The van der Waals surface area contributed by atoms with Crippen LogP contribution in [0.2, 0.25) is 0 Å². The molecule has 0 aliphatic carbocycles. The molecule has 1 aliphatic rings. The molecule has 2 unspecified atom stereocenters. The lowest BCUT2D eigenvalue weighted by atomic mass is 9.99. The molecule has 0 saturated carbocycles. The molecule has 0 bridgehead atoms. The first kappa shape index (κ1) is 13.6. The lowest BCUT2D eigenvalue weighted by Gasteiger charge is -2.18. The van der Waals surface area contributed by atoms with Crippen LogP contribution in [0, 0.1) is 5.92 Å². The minimum Gasteiger partial charge on any atom is -0.450 e. The van der Waals surface area contributed by atoms with Crippen molar-refractivity contribution in [2.45, 2.75) is 32.4 Å². The Morgan fingerprint density at radius 2 is 2.24 bits per heavy atom. The van der Waals surface area contributed by atoms with Crippen LogP contribution in [0.3, 0.4) is 0 Å². The van der Waals surface area contributed by atoms with E-state index in [-0.39, 0.29) is 6.10 Å². The summed E-state index contributed by atoms with van der Waals surface area (Å²) in [7, 11) is 0. The Labute approximate surface area is 119 Å². The Morgan fingerprint density at radius 1 is 1.47 bits per heavy atom. The zero-order valence-corrected chi connectivity index (χ0v) is 13.2. The molecule has 0 spiro atoms. The lowest BCUT2D eigenvalue weighted by molar-refractivity contribution is 0.0710. The molecule has 1 aliphatic heterocycles. The van der Waals surface area contributed by atoms with E-state index in [0.717, 1.165) is 34.5 Å². The predicted molar refractivity (Wildman–Crippen MR) is 74.0 cm³/mol. The van der Waals surface area contributed by atoms with Crippen molar-refractivity contribution >= 4 is 31.9 Å². The highest BCUT2D eigenvalue weighted by Crippen LogP contribution is 2.38. The van der Waals surface area contributed by atoms with E-state index in [4.69, 9.17) is 9.15 Å². The van der Waals surface area contributed by atoms with Gasteiger partial charge in [0, 0.05) is 25.1 Å². The molecule has 1 aromatic heterocycles. The van der Waals surface area contributed by atoms with Crippen LogP contribution in [-0.4, -0.2) is 19.2 Å². The molecule has 1 saturated heterocycles. The summed E-state index contributed by atoms with van der Waals surface area (Å²) in [5.41, 5.74) is 0. The Balaban J connectivity index is 2.03.